The summed E-state index contributed by atoms with van der Waals surface area (Å²) in [5.41, 5.74) is 0.846. The van der Waals surface area contributed by atoms with Gasteiger partial charge in [0.05, 0.1) is 16.3 Å². The zero-order chi connectivity index (χ0) is 15.9. The highest BCUT2D eigenvalue weighted by Crippen LogP contribution is 2.29. The molecule has 2 rings (SSSR count). The summed E-state index contributed by atoms with van der Waals surface area (Å²) in [6, 6.07) is 8.89. The van der Waals surface area contributed by atoms with Gasteiger partial charge in [0.1, 0.15) is 6.61 Å². The van der Waals surface area contributed by atoms with Crippen LogP contribution in [-0.2, 0) is 0 Å². The summed E-state index contributed by atoms with van der Waals surface area (Å²) in [6.45, 7) is 4.01. The third-order valence-corrected chi connectivity index (χ3v) is 4.03. The lowest BCUT2D eigenvalue weighted by atomic mass is 10.1. The van der Waals surface area contributed by atoms with Crippen LogP contribution in [0.2, 0.25) is 4.34 Å². The minimum atomic E-state index is -0.0807. The fourth-order valence-electron chi connectivity index (χ4n) is 1.76. The van der Waals surface area contributed by atoms with Crippen LogP contribution in [0.3, 0.4) is 0 Å². The number of hydrogen-bond donors (Lipinski definition) is 0. The first kappa shape index (κ1) is 16.3. The molecule has 0 saturated heterocycles. The highest BCUT2D eigenvalue weighted by atomic mass is 35.5. The lowest BCUT2D eigenvalue weighted by Gasteiger charge is -2.09. The standard InChI is InChI=1S/C17H15ClO3S/c1-3-10-21-14-7-5-12(11-15(14)20-2)4-6-13(19)16-8-9-17(18)22-16/h3-9,11H,1,10H2,2H3. The maximum absolute atomic E-state index is 12.0. The molecule has 0 amide bonds. The van der Waals surface area contributed by atoms with Crippen LogP contribution in [0.15, 0.2) is 49.1 Å². The molecule has 0 N–H and O–H groups in total. The summed E-state index contributed by atoms with van der Waals surface area (Å²) >= 11 is 7.09. The largest absolute Gasteiger partial charge is 0.493 e. The van der Waals surface area contributed by atoms with E-state index in [1.54, 1.807) is 37.5 Å². The monoisotopic (exact) mass is 334 g/mol. The summed E-state index contributed by atoms with van der Waals surface area (Å²) in [7, 11) is 1.57. The van der Waals surface area contributed by atoms with Crippen LogP contribution in [0.1, 0.15) is 15.2 Å². The predicted molar refractivity (Wildman–Crippen MR) is 91.4 cm³/mol. The van der Waals surface area contributed by atoms with Gasteiger partial charge in [0, 0.05) is 0 Å². The normalized spacial score (nSPS) is 10.6. The Morgan fingerprint density at radius 1 is 1.32 bits per heavy atom. The van der Waals surface area contributed by atoms with Gasteiger partial charge in [-0.25, -0.2) is 0 Å². The highest BCUT2D eigenvalue weighted by molar-refractivity contribution is 7.18. The van der Waals surface area contributed by atoms with Gasteiger partial charge in [-0.3, -0.25) is 4.79 Å². The predicted octanol–water partition coefficient (Wildman–Crippen LogP) is 4.87. The van der Waals surface area contributed by atoms with E-state index in [9.17, 15) is 4.79 Å². The maximum Gasteiger partial charge on any atom is 0.195 e. The Balaban J connectivity index is 2.13. The maximum atomic E-state index is 12.0. The van der Waals surface area contributed by atoms with E-state index in [2.05, 4.69) is 6.58 Å². The molecular formula is C17H15ClO3S. The van der Waals surface area contributed by atoms with Crippen molar-refractivity contribution < 1.29 is 14.3 Å². The van der Waals surface area contributed by atoms with Crippen molar-refractivity contribution in [3.63, 3.8) is 0 Å². The van der Waals surface area contributed by atoms with Crippen molar-refractivity contribution in [2.75, 3.05) is 13.7 Å². The Labute approximate surface area is 138 Å². The van der Waals surface area contributed by atoms with Gasteiger partial charge in [-0.2, -0.15) is 0 Å². The summed E-state index contributed by atoms with van der Waals surface area (Å²) < 4.78 is 11.4. The molecule has 1 aromatic heterocycles. The number of thiophene rings is 1. The minimum Gasteiger partial charge on any atom is -0.493 e. The second-order valence-electron chi connectivity index (χ2n) is 4.31. The average Bonchev–Trinajstić information content (AvgIpc) is 2.97. The third-order valence-electron chi connectivity index (χ3n) is 2.79. The Bertz CT molecular complexity index is 704. The molecule has 0 aliphatic carbocycles. The van der Waals surface area contributed by atoms with Crippen molar-refractivity contribution in [1.29, 1.82) is 0 Å². The number of allylic oxidation sites excluding steroid dienone is 1. The molecule has 0 unspecified atom stereocenters. The van der Waals surface area contributed by atoms with Crippen LogP contribution in [0.5, 0.6) is 11.5 Å². The van der Waals surface area contributed by atoms with Crippen molar-refractivity contribution in [3.05, 3.63) is 63.8 Å². The SMILES string of the molecule is C=CCOc1ccc(C=CC(=O)c2ccc(Cl)s2)cc1OC. The first-order valence-electron chi connectivity index (χ1n) is 6.53. The number of ether oxygens (including phenoxy) is 2. The summed E-state index contributed by atoms with van der Waals surface area (Å²) in [5, 5.41) is 0. The number of carbonyl (C=O) groups is 1. The average molecular weight is 335 g/mol. The van der Waals surface area contributed by atoms with Gasteiger partial charge in [0.25, 0.3) is 0 Å². The van der Waals surface area contributed by atoms with Gasteiger partial charge in [0.15, 0.2) is 17.3 Å². The molecular weight excluding hydrogens is 320 g/mol. The molecule has 114 valence electrons. The molecule has 5 heteroatoms. The van der Waals surface area contributed by atoms with E-state index >= 15 is 0 Å². The lowest BCUT2D eigenvalue weighted by Crippen LogP contribution is -1.96. The first-order chi connectivity index (χ1) is 10.6. The summed E-state index contributed by atoms with van der Waals surface area (Å²) in [4.78, 5) is 12.6. The highest BCUT2D eigenvalue weighted by Gasteiger charge is 2.06. The first-order valence-corrected chi connectivity index (χ1v) is 7.73. The molecule has 0 aliphatic rings. The van der Waals surface area contributed by atoms with Crippen LogP contribution in [0.4, 0.5) is 0 Å². The van der Waals surface area contributed by atoms with E-state index in [1.165, 1.54) is 17.4 Å². The zero-order valence-corrected chi connectivity index (χ0v) is 13.6. The van der Waals surface area contributed by atoms with Crippen LogP contribution in [-0.4, -0.2) is 19.5 Å². The van der Waals surface area contributed by atoms with Crippen molar-refractivity contribution in [2.45, 2.75) is 0 Å². The molecule has 22 heavy (non-hydrogen) atoms. The topological polar surface area (TPSA) is 35.5 Å². The van der Waals surface area contributed by atoms with Gasteiger partial charge in [-0.1, -0.05) is 36.4 Å². The molecule has 1 heterocycles. The Kier molecular flexibility index (Phi) is 5.81. The Hall–Kier alpha value is -2.04. The van der Waals surface area contributed by atoms with Gasteiger partial charge in [0.2, 0.25) is 0 Å². The molecule has 0 bridgehead atoms. The number of hydrogen-bond acceptors (Lipinski definition) is 4. The quantitative estimate of drug-likeness (QED) is 0.411. The van der Waals surface area contributed by atoms with Gasteiger partial charge < -0.3 is 9.47 Å². The van der Waals surface area contributed by atoms with E-state index in [-0.39, 0.29) is 5.78 Å². The molecule has 0 radical (unpaired) electrons. The molecule has 3 nitrogen and oxygen atoms in total. The van der Waals surface area contributed by atoms with Crippen LogP contribution < -0.4 is 9.47 Å². The van der Waals surface area contributed by atoms with Crippen LogP contribution in [0, 0.1) is 0 Å². The lowest BCUT2D eigenvalue weighted by molar-refractivity contribution is 0.105. The van der Waals surface area contributed by atoms with Gasteiger partial charge in [-0.15, -0.1) is 11.3 Å². The Morgan fingerprint density at radius 2 is 2.14 bits per heavy atom. The van der Waals surface area contributed by atoms with Crippen LogP contribution >= 0.6 is 22.9 Å². The van der Waals surface area contributed by atoms with Gasteiger partial charge >= 0.3 is 0 Å². The number of carbonyl (C=O) groups excluding carboxylic acids is 1. The fraction of sp³-hybridized carbons (Fsp3) is 0.118. The van der Waals surface area contributed by atoms with E-state index in [1.807, 2.05) is 12.1 Å². The molecule has 0 fully saturated rings. The third kappa shape index (κ3) is 4.23. The van der Waals surface area contributed by atoms with Crippen molar-refractivity contribution in [3.8, 4) is 11.5 Å². The smallest absolute Gasteiger partial charge is 0.195 e. The molecule has 1 aromatic carbocycles. The number of methoxy groups -OCH3 is 1. The minimum absolute atomic E-state index is 0.0807. The summed E-state index contributed by atoms with van der Waals surface area (Å²) in [5.74, 6) is 1.16. The molecule has 0 spiro atoms. The summed E-state index contributed by atoms with van der Waals surface area (Å²) in [6.07, 6.45) is 4.91. The van der Waals surface area contributed by atoms with Crippen molar-refractivity contribution >= 4 is 34.8 Å². The van der Waals surface area contributed by atoms with E-state index in [0.717, 1.165) is 5.56 Å². The van der Waals surface area contributed by atoms with Gasteiger partial charge in [-0.05, 0) is 35.9 Å². The Morgan fingerprint density at radius 3 is 2.77 bits per heavy atom. The molecule has 0 saturated carbocycles. The molecule has 0 atom stereocenters. The molecule has 0 aliphatic heterocycles. The van der Waals surface area contributed by atoms with E-state index in [0.29, 0.717) is 27.3 Å². The molecule has 2 aromatic rings. The second-order valence-corrected chi connectivity index (χ2v) is 6.03. The van der Waals surface area contributed by atoms with Crippen molar-refractivity contribution in [2.24, 2.45) is 0 Å². The number of halogens is 1. The van der Waals surface area contributed by atoms with Crippen molar-refractivity contribution in [1.82, 2.24) is 0 Å². The van der Waals surface area contributed by atoms with E-state index < -0.39 is 0 Å². The second kappa shape index (κ2) is 7.82. The zero-order valence-electron chi connectivity index (χ0n) is 12.0. The number of ketones is 1. The number of benzene rings is 1. The van der Waals surface area contributed by atoms with E-state index in [4.69, 9.17) is 21.1 Å². The van der Waals surface area contributed by atoms with Crippen LogP contribution in [0.25, 0.3) is 6.08 Å². The fourth-order valence-corrected chi connectivity index (χ4v) is 2.72. The number of rotatable bonds is 7.